The Kier molecular flexibility index (Phi) is 4.53. The molecule has 1 aromatic heterocycles. The Bertz CT molecular complexity index is 875. The zero-order chi connectivity index (χ0) is 17.8. The number of pyridine rings is 1. The Morgan fingerprint density at radius 3 is 2.23 bits per heavy atom. The number of aryl methyl sites for hydroxylation is 1. The lowest BCUT2D eigenvalue weighted by Gasteiger charge is -2.32. The van der Waals surface area contributed by atoms with E-state index in [0.717, 1.165) is 24.4 Å². The van der Waals surface area contributed by atoms with Gasteiger partial charge in [-0.05, 0) is 36.6 Å². The zero-order valence-electron chi connectivity index (χ0n) is 15.0. The predicted octanol–water partition coefficient (Wildman–Crippen LogP) is 4.67. The predicted molar refractivity (Wildman–Crippen MR) is 106 cm³/mol. The molecule has 3 aromatic rings. The van der Waals surface area contributed by atoms with Gasteiger partial charge in [0.25, 0.3) is 0 Å². The van der Waals surface area contributed by atoms with Gasteiger partial charge in [0, 0.05) is 18.3 Å². The van der Waals surface area contributed by atoms with Gasteiger partial charge in [-0.1, -0.05) is 66.7 Å². The average molecular weight is 341 g/mol. The minimum atomic E-state index is -0.248. The molecule has 1 aliphatic heterocycles. The fourth-order valence-electron chi connectivity index (χ4n) is 3.66. The Morgan fingerprint density at radius 1 is 0.846 bits per heavy atom. The molecule has 0 amide bonds. The number of nitrogens with zero attached hydrogens (tertiary/aromatic N) is 2. The molecule has 0 bridgehead atoms. The molecule has 1 N–H and O–H groups in total. The SMILES string of the molecule is CC1(c2ccccc2)NC(CCc2ccccn2)=NC1c1ccccc1. The monoisotopic (exact) mass is 341 g/mol. The highest BCUT2D eigenvalue weighted by molar-refractivity contribution is 5.86. The van der Waals surface area contributed by atoms with Gasteiger partial charge in [-0.2, -0.15) is 0 Å². The Labute approximate surface area is 154 Å². The van der Waals surface area contributed by atoms with Gasteiger partial charge in [-0.3, -0.25) is 9.98 Å². The van der Waals surface area contributed by atoms with E-state index < -0.39 is 0 Å². The third kappa shape index (κ3) is 3.25. The number of aliphatic imine (C=N–C) groups is 1. The summed E-state index contributed by atoms with van der Waals surface area (Å²) in [7, 11) is 0. The Hall–Kier alpha value is -2.94. The van der Waals surface area contributed by atoms with Crippen LogP contribution in [0.2, 0.25) is 0 Å². The largest absolute Gasteiger partial charge is 0.362 e. The van der Waals surface area contributed by atoms with Gasteiger partial charge in [0.05, 0.1) is 11.4 Å². The highest BCUT2D eigenvalue weighted by atomic mass is 15.2. The van der Waals surface area contributed by atoms with Gasteiger partial charge in [0.15, 0.2) is 0 Å². The van der Waals surface area contributed by atoms with Gasteiger partial charge >= 0.3 is 0 Å². The number of hydrogen-bond donors (Lipinski definition) is 1. The fraction of sp³-hybridized carbons (Fsp3) is 0.217. The van der Waals surface area contributed by atoms with Crippen molar-refractivity contribution in [1.29, 1.82) is 0 Å². The number of hydrogen-bond acceptors (Lipinski definition) is 3. The number of benzene rings is 2. The van der Waals surface area contributed by atoms with Gasteiger partial charge < -0.3 is 5.32 Å². The van der Waals surface area contributed by atoms with Crippen molar-refractivity contribution in [3.63, 3.8) is 0 Å². The molecule has 0 spiro atoms. The van der Waals surface area contributed by atoms with Gasteiger partial charge in [-0.25, -0.2) is 0 Å². The first-order chi connectivity index (χ1) is 12.8. The zero-order valence-corrected chi connectivity index (χ0v) is 15.0. The van der Waals surface area contributed by atoms with Crippen LogP contribution in [0.5, 0.6) is 0 Å². The number of amidine groups is 1. The van der Waals surface area contributed by atoms with Crippen molar-refractivity contribution in [2.24, 2.45) is 4.99 Å². The van der Waals surface area contributed by atoms with Crippen LogP contribution >= 0.6 is 0 Å². The smallest absolute Gasteiger partial charge is 0.104 e. The maximum atomic E-state index is 5.08. The molecule has 0 fully saturated rings. The summed E-state index contributed by atoms with van der Waals surface area (Å²) in [5, 5.41) is 3.72. The first-order valence-electron chi connectivity index (χ1n) is 9.11. The molecule has 0 saturated heterocycles. The van der Waals surface area contributed by atoms with Crippen molar-refractivity contribution in [1.82, 2.24) is 10.3 Å². The van der Waals surface area contributed by atoms with E-state index in [1.165, 1.54) is 11.1 Å². The van der Waals surface area contributed by atoms with E-state index >= 15 is 0 Å². The van der Waals surface area contributed by atoms with Crippen molar-refractivity contribution in [2.45, 2.75) is 31.3 Å². The molecule has 0 saturated carbocycles. The molecule has 3 nitrogen and oxygen atoms in total. The molecule has 2 unspecified atom stereocenters. The summed E-state index contributed by atoms with van der Waals surface area (Å²) in [5.41, 5.74) is 3.34. The second-order valence-electron chi connectivity index (χ2n) is 6.90. The molecular weight excluding hydrogens is 318 g/mol. The van der Waals surface area contributed by atoms with Crippen molar-refractivity contribution >= 4 is 5.84 Å². The standard InChI is InChI=1S/C23H23N3/c1-23(19-12-6-3-7-13-19)22(18-10-4-2-5-11-18)25-21(26-23)16-15-20-14-8-9-17-24-20/h2-14,17,22H,15-16H2,1H3,(H,25,26). The molecule has 26 heavy (non-hydrogen) atoms. The summed E-state index contributed by atoms with van der Waals surface area (Å²) in [6, 6.07) is 27.3. The second-order valence-corrected chi connectivity index (χ2v) is 6.90. The lowest BCUT2D eigenvalue weighted by molar-refractivity contribution is 0.385. The highest BCUT2D eigenvalue weighted by Gasteiger charge is 2.42. The first kappa shape index (κ1) is 16.5. The van der Waals surface area contributed by atoms with E-state index in [2.05, 4.69) is 84.0 Å². The van der Waals surface area contributed by atoms with Crippen molar-refractivity contribution in [2.75, 3.05) is 0 Å². The van der Waals surface area contributed by atoms with Gasteiger partial charge in [-0.15, -0.1) is 0 Å². The molecule has 4 rings (SSSR count). The van der Waals surface area contributed by atoms with E-state index in [1.807, 2.05) is 18.3 Å². The molecule has 2 aromatic carbocycles. The minimum Gasteiger partial charge on any atom is -0.362 e. The van der Waals surface area contributed by atoms with Crippen LogP contribution in [-0.4, -0.2) is 10.8 Å². The van der Waals surface area contributed by atoms with Crippen LogP contribution in [0.3, 0.4) is 0 Å². The third-order valence-electron chi connectivity index (χ3n) is 5.07. The third-order valence-corrected chi connectivity index (χ3v) is 5.07. The molecule has 3 heteroatoms. The van der Waals surface area contributed by atoms with Crippen LogP contribution in [0.25, 0.3) is 0 Å². The fourth-order valence-corrected chi connectivity index (χ4v) is 3.66. The van der Waals surface area contributed by atoms with Crippen LogP contribution in [0.4, 0.5) is 0 Å². The summed E-state index contributed by atoms with van der Waals surface area (Å²) >= 11 is 0. The summed E-state index contributed by atoms with van der Waals surface area (Å²) in [6.45, 7) is 2.25. The number of aromatic nitrogens is 1. The van der Waals surface area contributed by atoms with Crippen LogP contribution in [0, 0.1) is 0 Å². The lowest BCUT2D eigenvalue weighted by atomic mass is 9.82. The molecular formula is C23H23N3. The van der Waals surface area contributed by atoms with E-state index in [-0.39, 0.29) is 11.6 Å². The Morgan fingerprint density at radius 2 is 1.54 bits per heavy atom. The molecule has 1 aliphatic rings. The molecule has 0 aliphatic carbocycles. The molecule has 2 heterocycles. The van der Waals surface area contributed by atoms with Crippen LogP contribution < -0.4 is 5.32 Å². The van der Waals surface area contributed by atoms with Crippen molar-refractivity contribution < 1.29 is 0 Å². The van der Waals surface area contributed by atoms with Gasteiger partial charge in [0.2, 0.25) is 0 Å². The summed E-state index contributed by atoms with van der Waals surface area (Å²) < 4.78 is 0. The second kappa shape index (κ2) is 7.12. The molecule has 130 valence electrons. The van der Waals surface area contributed by atoms with Crippen LogP contribution in [-0.2, 0) is 12.0 Å². The highest BCUT2D eigenvalue weighted by Crippen LogP contribution is 2.41. The minimum absolute atomic E-state index is 0.0600. The molecule has 0 radical (unpaired) electrons. The average Bonchev–Trinajstić information content (AvgIpc) is 3.06. The topological polar surface area (TPSA) is 37.3 Å². The van der Waals surface area contributed by atoms with E-state index in [4.69, 9.17) is 4.99 Å². The summed E-state index contributed by atoms with van der Waals surface area (Å²) in [6.07, 6.45) is 3.60. The van der Waals surface area contributed by atoms with Crippen molar-refractivity contribution in [3.8, 4) is 0 Å². The van der Waals surface area contributed by atoms with Crippen LogP contribution in [0.15, 0.2) is 90.1 Å². The normalized spacial score (nSPS) is 21.9. The van der Waals surface area contributed by atoms with Crippen molar-refractivity contribution in [3.05, 3.63) is 102 Å². The summed E-state index contributed by atoms with van der Waals surface area (Å²) in [5.74, 6) is 1.05. The van der Waals surface area contributed by atoms with E-state index in [9.17, 15) is 0 Å². The quantitative estimate of drug-likeness (QED) is 0.732. The number of rotatable bonds is 5. The van der Waals surface area contributed by atoms with E-state index in [0.29, 0.717) is 0 Å². The van der Waals surface area contributed by atoms with E-state index in [1.54, 1.807) is 0 Å². The number of nitrogens with one attached hydrogen (secondary N) is 1. The summed E-state index contributed by atoms with van der Waals surface area (Å²) in [4.78, 5) is 9.51. The maximum Gasteiger partial charge on any atom is 0.104 e. The molecule has 2 atom stereocenters. The lowest BCUT2D eigenvalue weighted by Crippen LogP contribution is -2.41. The Balaban J connectivity index is 1.63. The first-order valence-corrected chi connectivity index (χ1v) is 9.11. The van der Waals surface area contributed by atoms with Gasteiger partial charge in [0.1, 0.15) is 6.04 Å². The maximum absolute atomic E-state index is 5.08. The van der Waals surface area contributed by atoms with Crippen LogP contribution in [0.1, 0.15) is 36.2 Å².